The largest absolute Gasteiger partial charge is 0.294 e. The van der Waals surface area contributed by atoms with Gasteiger partial charge in [-0.15, -0.1) is 0 Å². The van der Waals surface area contributed by atoms with Gasteiger partial charge in [-0.1, -0.05) is 6.58 Å². The molecule has 0 unspecified atom stereocenters. The Labute approximate surface area is 70.2 Å². The first kappa shape index (κ1) is 9.98. The summed E-state index contributed by atoms with van der Waals surface area (Å²) in [5, 5.41) is 7.51. The molecule has 0 atom stereocenters. The van der Waals surface area contributed by atoms with E-state index in [4.69, 9.17) is 5.26 Å². The summed E-state index contributed by atoms with van der Waals surface area (Å²) in [7, 11) is 0. The van der Waals surface area contributed by atoms with Crippen molar-refractivity contribution in [3.63, 3.8) is 0 Å². The van der Waals surface area contributed by atoms with E-state index in [2.05, 4.69) is 16.5 Å². The maximum absolute atomic E-state index is 9.88. The van der Waals surface area contributed by atoms with Crippen LogP contribution in [0.25, 0.3) is 0 Å². The molecule has 0 saturated carbocycles. The number of aldehydes is 1. The number of aromatic nitrogens is 2. The quantitative estimate of drug-likeness (QED) is 0.455. The van der Waals surface area contributed by atoms with Gasteiger partial charge in [0.05, 0.1) is 6.07 Å². The molecule has 0 aliphatic rings. The molecule has 0 aromatic carbocycles. The number of hydrogen-bond donors (Lipinski definition) is 0. The van der Waals surface area contributed by atoms with Crippen LogP contribution >= 0.6 is 0 Å². The third-order valence-electron chi connectivity index (χ3n) is 0.782. The molecule has 4 heteroatoms. The fourth-order valence-electron chi connectivity index (χ4n) is 0.371. The van der Waals surface area contributed by atoms with E-state index in [-0.39, 0.29) is 5.82 Å². The third kappa shape index (κ3) is 4.82. The van der Waals surface area contributed by atoms with Crippen LogP contribution < -0.4 is 0 Å². The zero-order valence-corrected chi connectivity index (χ0v) is 6.34. The first-order chi connectivity index (χ1) is 5.85. The Kier molecular flexibility index (Phi) is 5.90. The first-order valence-electron chi connectivity index (χ1n) is 3.08. The van der Waals surface area contributed by atoms with E-state index >= 15 is 0 Å². The van der Waals surface area contributed by atoms with Crippen LogP contribution in [0.3, 0.4) is 0 Å². The number of rotatable bonds is 1. The van der Waals surface area contributed by atoms with Crippen molar-refractivity contribution in [3.8, 4) is 6.07 Å². The number of allylic oxidation sites excluding steroid dienone is 1. The zero-order valence-electron chi connectivity index (χ0n) is 6.34. The molecule has 1 aromatic heterocycles. The fraction of sp³-hybridized carbons (Fsp3) is 0. The van der Waals surface area contributed by atoms with E-state index in [1.54, 1.807) is 12.1 Å². The summed E-state index contributed by atoms with van der Waals surface area (Å²) < 4.78 is 0. The molecular weight excluding hydrogens is 154 g/mol. The fourth-order valence-corrected chi connectivity index (χ4v) is 0.371. The van der Waals surface area contributed by atoms with Crippen LogP contribution in [0, 0.1) is 11.3 Å². The van der Waals surface area contributed by atoms with Gasteiger partial charge in [-0.3, -0.25) is 4.79 Å². The van der Waals surface area contributed by atoms with Crippen LogP contribution in [0.2, 0.25) is 0 Å². The van der Waals surface area contributed by atoms with Crippen LogP contribution in [0.1, 0.15) is 10.6 Å². The molecule has 1 heterocycles. The Bertz CT molecular complexity index is 276. The molecule has 0 N–H and O–H groups in total. The van der Waals surface area contributed by atoms with Crippen molar-refractivity contribution in [2.24, 2.45) is 0 Å². The summed E-state index contributed by atoms with van der Waals surface area (Å²) in [6.45, 7) is 3.12. The highest BCUT2D eigenvalue weighted by Crippen LogP contribution is 1.78. The summed E-state index contributed by atoms with van der Waals surface area (Å²) in [6.07, 6.45) is 4.84. The molecule has 1 aromatic rings. The topological polar surface area (TPSA) is 66.6 Å². The minimum atomic E-state index is 0.229. The van der Waals surface area contributed by atoms with Crippen LogP contribution in [0.5, 0.6) is 0 Å². The molecule has 0 aliphatic carbocycles. The Morgan fingerprint density at radius 3 is 2.25 bits per heavy atom. The van der Waals surface area contributed by atoms with Gasteiger partial charge in [0.15, 0.2) is 12.1 Å². The van der Waals surface area contributed by atoms with Gasteiger partial charge in [-0.25, -0.2) is 9.97 Å². The lowest BCUT2D eigenvalue weighted by Gasteiger charge is -1.80. The monoisotopic (exact) mass is 161 g/mol. The lowest BCUT2D eigenvalue weighted by molar-refractivity contribution is 0.111. The molecule has 0 fully saturated rings. The molecular formula is C8H7N3O. The summed E-state index contributed by atoms with van der Waals surface area (Å²) >= 11 is 0. The Morgan fingerprint density at radius 1 is 1.50 bits per heavy atom. The molecule has 4 nitrogen and oxygen atoms in total. The highest BCUT2D eigenvalue weighted by molar-refractivity contribution is 5.68. The van der Waals surface area contributed by atoms with Crippen LogP contribution in [-0.4, -0.2) is 16.3 Å². The van der Waals surface area contributed by atoms with E-state index in [0.717, 1.165) is 0 Å². The predicted octanol–water partition coefficient (Wildman–Crippen LogP) is 0.985. The molecule has 0 amide bonds. The van der Waals surface area contributed by atoms with Gasteiger partial charge in [-0.2, -0.15) is 5.26 Å². The second kappa shape index (κ2) is 7.09. The second-order valence-electron chi connectivity index (χ2n) is 1.56. The molecule has 0 aliphatic heterocycles. The summed E-state index contributed by atoms with van der Waals surface area (Å²) in [4.78, 5) is 17.1. The number of hydrogen-bond acceptors (Lipinski definition) is 4. The van der Waals surface area contributed by atoms with Crippen molar-refractivity contribution in [3.05, 3.63) is 36.9 Å². The maximum Gasteiger partial charge on any atom is 0.192 e. The van der Waals surface area contributed by atoms with E-state index in [1.165, 1.54) is 18.5 Å². The molecule has 0 bridgehead atoms. The SMILES string of the molecule is C=CC#N.O=Cc1ncccn1. The first-order valence-corrected chi connectivity index (χ1v) is 3.08. The third-order valence-corrected chi connectivity index (χ3v) is 0.782. The van der Waals surface area contributed by atoms with Crippen molar-refractivity contribution in [1.82, 2.24) is 9.97 Å². The number of carbonyl (C=O) groups excluding carboxylic acids is 1. The van der Waals surface area contributed by atoms with Gasteiger partial charge in [0.25, 0.3) is 0 Å². The van der Waals surface area contributed by atoms with Gasteiger partial charge < -0.3 is 0 Å². The van der Waals surface area contributed by atoms with Gasteiger partial charge in [0, 0.05) is 18.5 Å². The summed E-state index contributed by atoms with van der Waals surface area (Å²) in [5.74, 6) is 0.229. The number of nitrogens with zero attached hydrogens (tertiary/aromatic N) is 3. The standard InChI is InChI=1S/C5H4N2O.C3H3N/c8-4-5-6-2-1-3-7-5;1-2-3-4/h1-4H;2H,1H2. The van der Waals surface area contributed by atoms with Crippen molar-refractivity contribution in [2.75, 3.05) is 0 Å². The maximum atomic E-state index is 9.88. The van der Waals surface area contributed by atoms with Crippen molar-refractivity contribution >= 4 is 6.29 Å². The van der Waals surface area contributed by atoms with Crippen LogP contribution in [0.4, 0.5) is 0 Å². The van der Waals surface area contributed by atoms with Crippen molar-refractivity contribution in [2.45, 2.75) is 0 Å². The Balaban J connectivity index is 0.000000261. The molecule has 0 saturated heterocycles. The molecule has 0 spiro atoms. The second-order valence-corrected chi connectivity index (χ2v) is 1.56. The normalized spacial score (nSPS) is 6.92. The number of nitriles is 1. The average molecular weight is 161 g/mol. The summed E-state index contributed by atoms with van der Waals surface area (Å²) in [5.41, 5.74) is 0. The van der Waals surface area contributed by atoms with Gasteiger partial charge in [0.1, 0.15) is 0 Å². The minimum absolute atomic E-state index is 0.229. The lowest BCUT2D eigenvalue weighted by atomic mass is 10.6. The lowest BCUT2D eigenvalue weighted by Crippen LogP contribution is -1.87. The number of carbonyl (C=O) groups is 1. The average Bonchev–Trinajstić information content (AvgIpc) is 2.19. The van der Waals surface area contributed by atoms with Gasteiger partial charge in [-0.05, 0) is 6.07 Å². The zero-order chi connectivity index (χ0) is 9.23. The van der Waals surface area contributed by atoms with Gasteiger partial charge >= 0.3 is 0 Å². The van der Waals surface area contributed by atoms with Crippen molar-refractivity contribution in [1.29, 1.82) is 5.26 Å². The molecule has 12 heavy (non-hydrogen) atoms. The smallest absolute Gasteiger partial charge is 0.192 e. The molecule has 1 rings (SSSR count). The van der Waals surface area contributed by atoms with Crippen LogP contribution in [0.15, 0.2) is 31.1 Å². The highest BCUT2D eigenvalue weighted by Gasteiger charge is 1.83. The van der Waals surface area contributed by atoms with E-state index in [1.807, 2.05) is 0 Å². The highest BCUT2D eigenvalue weighted by atomic mass is 16.1. The van der Waals surface area contributed by atoms with Gasteiger partial charge in [0.2, 0.25) is 0 Å². The Hall–Kier alpha value is -2.02. The molecule has 0 radical (unpaired) electrons. The van der Waals surface area contributed by atoms with Crippen molar-refractivity contribution < 1.29 is 4.79 Å². The van der Waals surface area contributed by atoms with E-state index in [9.17, 15) is 4.79 Å². The van der Waals surface area contributed by atoms with E-state index < -0.39 is 0 Å². The molecule has 60 valence electrons. The minimum Gasteiger partial charge on any atom is -0.294 e. The van der Waals surface area contributed by atoms with Crippen LogP contribution in [-0.2, 0) is 0 Å². The summed E-state index contributed by atoms with van der Waals surface area (Å²) in [6, 6.07) is 3.35. The van der Waals surface area contributed by atoms with E-state index in [0.29, 0.717) is 6.29 Å². The predicted molar refractivity (Wildman–Crippen MR) is 43.2 cm³/mol. The Morgan fingerprint density at radius 2 is 2.00 bits per heavy atom.